The molecule has 0 bridgehead atoms. The Bertz CT molecular complexity index is 1110. The van der Waals surface area contributed by atoms with Crippen LogP contribution in [0.3, 0.4) is 0 Å². The lowest BCUT2D eigenvalue weighted by atomic mass is 10.1. The predicted octanol–water partition coefficient (Wildman–Crippen LogP) is 5.33. The molecule has 148 valence electrons. The molecule has 2 aromatic heterocycles. The molecule has 4 rings (SSSR count). The Hall–Kier alpha value is -3.06. The van der Waals surface area contributed by atoms with Gasteiger partial charge in [-0.3, -0.25) is 4.57 Å². The van der Waals surface area contributed by atoms with Gasteiger partial charge in [-0.05, 0) is 42.3 Å². The van der Waals surface area contributed by atoms with Gasteiger partial charge < -0.3 is 9.15 Å². The maximum absolute atomic E-state index is 14.0. The minimum atomic E-state index is -0.372. The van der Waals surface area contributed by atoms with Crippen molar-refractivity contribution in [1.82, 2.24) is 14.8 Å². The van der Waals surface area contributed by atoms with Crippen molar-refractivity contribution in [3.05, 3.63) is 83.6 Å². The maximum atomic E-state index is 14.0. The summed E-state index contributed by atoms with van der Waals surface area (Å²) in [4.78, 5) is 0. The highest BCUT2D eigenvalue weighted by molar-refractivity contribution is 7.98. The van der Waals surface area contributed by atoms with E-state index in [-0.39, 0.29) is 11.6 Å². The molecule has 0 aliphatic heterocycles. The highest BCUT2D eigenvalue weighted by Crippen LogP contribution is 2.30. The van der Waals surface area contributed by atoms with Crippen molar-refractivity contribution in [2.24, 2.45) is 0 Å². The highest BCUT2D eigenvalue weighted by Gasteiger charge is 2.17. The third-order valence-corrected chi connectivity index (χ3v) is 5.62. The molecule has 0 aliphatic rings. The molecule has 29 heavy (non-hydrogen) atoms. The van der Waals surface area contributed by atoms with E-state index < -0.39 is 0 Å². The van der Waals surface area contributed by atoms with Gasteiger partial charge in [0.2, 0.25) is 0 Å². The third-order valence-electron chi connectivity index (χ3n) is 4.58. The Labute approximate surface area is 172 Å². The van der Waals surface area contributed by atoms with Gasteiger partial charge in [0.05, 0.1) is 19.9 Å². The number of halogens is 1. The van der Waals surface area contributed by atoms with Gasteiger partial charge in [0, 0.05) is 11.3 Å². The maximum Gasteiger partial charge on any atom is 0.192 e. The number of aromatic nitrogens is 3. The van der Waals surface area contributed by atoms with Crippen LogP contribution in [-0.4, -0.2) is 21.9 Å². The van der Waals surface area contributed by atoms with Gasteiger partial charge in [-0.25, -0.2) is 4.39 Å². The van der Waals surface area contributed by atoms with Crippen LogP contribution in [-0.2, 0) is 12.3 Å². The minimum absolute atomic E-state index is 0.238. The second-order valence-electron chi connectivity index (χ2n) is 6.54. The summed E-state index contributed by atoms with van der Waals surface area (Å²) in [5, 5.41) is 9.59. The summed E-state index contributed by atoms with van der Waals surface area (Å²) in [6.45, 7) is 2.57. The van der Waals surface area contributed by atoms with Crippen molar-refractivity contribution in [1.29, 1.82) is 0 Å². The van der Waals surface area contributed by atoms with Crippen LogP contribution >= 0.6 is 11.8 Å². The second-order valence-corrected chi connectivity index (χ2v) is 7.49. The van der Waals surface area contributed by atoms with Crippen molar-refractivity contribution >= 4 is 11.8 Å². The molecule has 4 aromatic rings. The van der Waals surface area contributed by atoms with Crippen molar-refractivity contribution in [3.8, 4) is 17.1 Å². The van der Waals surface area contributed by atoms with Crippen LogP contribution in [0, 0.1) is 12.7 Å². The number of thioether (sulfide) groups is 1. The molecular weight excluding hydrogens is 389 g/mol. The molecule has 0 saturated carbocycles. The smallest absolute Gasteiger partial charge is 0.192 e. The number of aryl methyl sites for hydroxylation is 1. The molecule has 0 N–H and O–H groups in total. The number of nitrogens with zero attached hydrogens (tertiary/aromatic N) is 3. The number of rotatable bonds is 7. The number of benzene rings is 2. The predicted molar refractivity (Wildman–Crippen MR) is 111 cm³/mol. The zero-order valence-corrected chi connectivity index (χ0v) is 16.9. The lowest BCUT2D eigenvalue weighted by molar-refractivity contribution is 0.386. The molecule has 0 radical (unpaired) electrons. The average Bonchev–Trinajstić information content (AvgIpc) is 3.37. The van der Waals surface area contributed by atoms with Gasteiger partial charge in [-0.15, -0.1) is 10.2 Å². The lowest BCUT2D eigenvalue weighted by Gasteiger charge is -2.10. The van der Waals surface area contributed by atoms with Gasteiger partial charge in [-0.2, -0.15) is 0 Å². The third kappa shape index (κ3) is 4.19. The molecule has 0 aliphatic carbocycles. The fraction of sp³-hybridized carbons (Fsp3) is 0.182. The summed E-state index contributed by atoms with van der Waals surface area (Å²) in [6, 6.07) is 16.8. The SMILES string of the molecule is COc1ccc(CSc2nnc(-c3ccccc3C)n2Cc2ccco2)cc1F. The number of furan rings is 1. The van der Waals surface area contributed by atoms with Crippen molar-refractivity contribution in [2.75, 3.05) is 7.11 Å². The molecule has 2 heterocycles. The first kappa shape index (κ1) is 19.3. The van der Waals surface area contributed by atoms with E-state index in [9.17, 15) is 4.39 Å². The fourth-order valence-electron chi connectivity index (χ4n) is 3.07. The van der Waals surface area contributed by atoms with Gasteiger partial charge in [-0.1, -0.05) is 42.1 Å². The number of hydrogen-bond acceptors (Lipinski definition) is 5. The molecule has 5 nitrogen and oxygen atoms in total. The van der Waals surface area contributed by atoms with E-state index in [1.807, 2.05) is 54.0 Å². The standard InChI is InChI=1S/C22H20FN3O2S/c1-15-6-3-4-8-18(15)21-24-25-22(26(21)13-17-7-5-11-28-17)29-14-16-9-10-20(27-2)19(23)12-16/h3-12H,13-14H2,1-2H3. The van der Waals surface area contributed by atoms with Crippen LogP contribution in [0.2, 0.25) is 0 Å². The summed E-state index contributed by atoms with van der Waals surface area (Å²) >= 11 is 1.51. The van der Waals surface area contributed by atoms with E-state index in [1.54, 1.807) is 12.3 Å². The Balaban J connectivity index is 1.64. The fourth-order valence-corrected chi connectivity index (χ4v) is 3.95. The largest absolute Gasteiger partial charge is 0.494 e. The zero-order chi connectivity index (χ0) is 20.2. The number of ether oxygens (including phenoxy) is 1. The molecule has 7 heteroatoms. The first-order valence-corrected chi connectivity index (χ1v) is 10.1. The lowest BCUT2D eigenvalue weighted by Crippen LogP contribution is -2.04. The Morgan fingerprint density at radius 2 is 1.97 bits per heavy atom. The van der Waals surface area contributed by atoms with Crippen molar-refractivity contribution in [2.45, 2.75) is 24.4 Å². The number of hydrogen-bond donors (Lipinski definition) is 0. The first-order valence-electron chi connectivity index (χ1n) is 9.12. The monoisotopic (exact) mass is 409 g/mol. The quantitative estimate of drug-likeness (QED) is 0.386. The summed E-state index contributed by atoms with van der Waals surface area (Å²) in [5.41, 5.74) is 2.99. The van der Waals surface area contributed by atoms with E-state index in [2.05, 4.69) is 10.2 Å². The van der Waals surface area contributed by atoms with Crippen LogP contribution in [0.5, 0.6) is 5.75 Å². The topological polar surface area (TPSA) is 53.1 Å². The van der Waals surface area contributed by atoms with Gasteiger partial charge in [0.1, 0.15) is 5.76 Å². The van der Waals surface area contributed by atoms with Gasteiger partial charge >= 0.3 is 0 Å². The Kier molecular flexibility index (Phi) is 5.67. The molecule has 0 spiro atoms. The van der Waals surface area contributed by atoms with E-state index in [4.69, 9.17) is 9.15 Å². The molecular formula is C22H20FN3O2S. The normalized spacial score (nSPS) is 11.0. The second kappa shape index (κ2) is 8.53. The summed E-state index contributed by atoms with van der Waals surface area (Å²) in [7, 11) is 1.46. The molecule has 0 fully saturated rings. The van der Waals surface area contributed by atoms with E-state index >= 15 is 0 Å². The zero-order valence-electron chi connectivity index (χ0n) is 16.1. The Morgan fingerprint density at radius 1 is 1.10 bits per heavy atom. The molecule has 0 saturated heterocycles. The van der Waals surface area contributed by atoms with Crippen LogP contribution in [0.1, 0.15) is 16.9 Å². The Morgan fingerprint density at radius 3 is 2.69 bits per heavy atom. The summed E-state index contributed by atoms with van der Waals surface area (Å²) < 4.78 is 26.6. The molecule has 0 unspecified atom stereocenters. The van der Waals surface area contributed by atoms with Crippen LogP contribution in [0.25, 0.3) is 11.4 Å². The van der Waals surface area contributed by atoms with Gasteiger partial charge in [0.15, 0.2) is 22.5 Å². The molecule has 0 amide bonds. The summed E-state index contributed by atoms with van der Waals surface area (Å²) in [5.74, 6) is 2.02. The van der Waals surface area contributed by atoms with Gasteiger partial charge in [0.25, 0.3) is 0 Å². The van der Waals surface area contributed by atoms with E-state index in [0.717, 1.165) is 33.4 Å². The minimum Gasteiger partial charge on any atom is -0.494 e. The van der Waals surface area contributed by atoms with E-state index in [1.165, 1.54) is 24.9 Å². The van der Waals surface area contributed by atoms with Crippen LogP contribution in [0.15, 0.2) is 70.4 Å². The summed E-state index contributed by atoms with van der Waals surface area (Å²) in [6.07, 6.45) is 1.65. The van der Waals surface area contributed by atoms with E-state index in [0.29, 0.717) is 12.3 Å². The van der Waals surface area contributed by atoms with Crippen LogP contribution in [0.4, 0.5) is 4.39 Å². The van der Waals surface area contributed by atoms with Crippen molar-refractivity contribution in [3.63, 3.8) is 0 Å². The average molecular weight is 409 g/mol. The highest BCUT2D eigenvalue weighted by atomic mass is 32.2. The first-order chi connectivity index (χ1) is 14.2. The number of methoxy groups -OCH3 is 1. The van der Waals surface area contributed by atoms with Crippen molar-refractivity contribution < 1.29 is 13.5 Å². The molecule has 2 aromatic carbocycles. The van der Waals surface area contributed by atoms with Crippen LogP contribution < -0.4 is 4.74 Å². The molecule has 0 atom stereocenters.